The molecule has 2 rings (SSSR count). The van der Waals surface area contributed by atoms with Crippen LogP contribution in [0, 0.1) is 0 Å². The van der Waals surface area contributed by atoms with E-state index in [-0.39, 0.29) is 30.8 Å². The molecule has 2 fully saturated rings. The molecule has 0 aromatic heterocycles. The summed E-state index contributed by atoms with van der Waals surface area (Å²) in [6, 6.07) is -0.297. The normalized spacial score (nSPS) is 38.4. The predicted molar refractivity (Wildman–Crippen MR) is 60.4 cm³/mol. The number of aliphatic hydroxyl groups is 2. The largest absolute Gasteiger partial charge is 0.394 e. The molecular weight excluding hydrogens is 224 g/mol. The maximum Gasteiger partial charge on any atom is 0.239 e. The Hall–Kier alpha value is -0.690. The smallest absolute Gasteiger partial charge is 0.239 e. The highest BCUT2D eigenvalue weighted by Gasteiger charge is 2.35. The average molecular weight is 244 g/mol. The molecule has 2 aliphatic heterocycles. The minimum Gasteiger partial charge on any atom is -0.394 e. The fraction of sp³-hybridized carbons (Fsp3) is 0.909. The van der Waals surface area contributed by atoms with E-state index in [0.717, 1.165) is 0 Å². The highest BCUT2D eigenvalue weighted by molar-refractivity contribution is 5.82. The van der Waals surface area contributed by atoms with Gasteiger partial charge in [0.1, 0.15) is 0 Å². The fourth-order valence-electron chi connectivity index (χ4n) is 2.45. The summed E-state index contributed by atoms with van der Waals surface area (Å²) < 4.78 is 5.49. The van der Waals surface area contributed by atoms with Crippen molar-refractivity contribution in [2.24, 2.45) is 0 Å². The molecule has 6 heteroatoms. The Morgan fingerprint density at radius 1 is 1.53 bits per heavy atom. The monoisotopic (exact) mass is 244 g/mol. The Kier molecular flexibility index (Phi) is 3.98. The van der Waals surface area contributed by atoms with E-state index in [1.165, 1.54) is 0 Å². The Bertz CT molecular complexity index is 287. The van der Waals surface area contributed by atoms with Gasteiger partial charge in [-0.2, -0.15) is 0 Å². The van der Waals surface area contributed by atoms with Gasteiger partial charge in [-0.05, 0) is 13.3 Å². The van der Waals surface area contributed by atoms with Crippen LogP contribution in [0.5, 0.6) is 0 Å². The third-order valence-corrected chi connectivity index (χ3v) is 3.25. The molecule has 0 bridgehead atoms. The third-order valence-electron chi connectivity index (χ3n) is 3.25. The van der Waals surface area contributed by atoms with Crippen LogP contribution in [-0.4, -0.2) is 71.6 Å². The lowest BCUT2D eigenvalue weighted by Gasteiger charge is -2.37. The van der Waals surface area contributed by atoms with Crippen molar-refractivity contribution in [3.8, 4) is 0 Å². The molecule has 0 saturated carbocycles. The van der Waals surface area contributed by atoms with Crippen LogP contribution in [0.3, 0.4) is 0 Å². The number of hydrogen-bond acceptors (Lipinski definition) is 5. The minimum absolute atomic E-state index is 0.00449. The molecular formula is C11H20N2O4. The van der Waals surface area contributed by atoms with Gasteiger partial charge in [-0.1, -0.05) is 0 Å². The molecule has 0 aromatic carbocycles. The quantitative estimate of drug-likeness (QED) is 0.540. The van der Waals surface area contributed by atoms with Crippen molar-refractivity contribution in [3.63, 3.8) is 0 Å². The Labute approximate surface area is 101 Å². The highest BCUT2D eigenvalue weighted by Crippen LogP contribution is 2.15. The van der Waals surface area contributed by atoms with Crippen LogP contribution in [0.4, 0.5) is 0 Å². The number of ether oxygens (including phenoxy) is 1. The number of morpholine rings is 1. The second-order valence-corrected chi connectivity index (χ2v) is 4.84. The Morgan fingerprint density at radius 3 is 2.88 bits per heavy atom. The number of carbonyl (C=O) groups is 1. The molecule has 0 aliphatic carbocycles. The van der Waals surface area contributed by atoms with Gasteiger partial charge in [0.25, 0.3) is 0 Å². The highest BCUT2D eigenvalue weighted by atomic mass is 16.5. The maximum absolute atomic E-state index is 12.2. The van der Waals surface area contributed by atoms with Crippen molar-refractivity contribution in [2.75, 3.05) is 26.2 Å². The number of nitrogens with zero attached hydrogens (tertiary/aromatic N) is 1. The predicted octanol–water partition coefficient (Wildman–Crippen LogP) is -1.68. The molecule has 0 spiro atoms. The van der Waals surface area contributed by atoms with Crippen LogP contribution in [0.15, 0.2) is 0 Å². The lowest BCUT2D eigenvalue weighted by Crippen LogP contribution is -2.54. The van der Waals surface area contributed by atoms with E-state index < -0.39 is 6.10 Å². The molecule has 4 unspecified atom stereocenters. The summed E-state index contributed by atoms with van der Waals surface area (Å²) in [4.78, 5) is 13.9. The second-order valence-electron chi connectivity index (χ2n) is 4.84. The van der Waals surface area contributed by atoms with E-state index in [1.54, 1.807) is 4.90 Å². The summed E-state index contributed by atoms with van der Waals surface area (Å²) in [5.74, 6) is -0.00449. The van der Waals surface area contributed by atoms with Crippen LogP contribution in [0.2, 0.25) is 0 Å². The summed E-state index contributed by atoms with van der Waals surface area (Å²) in [7, 11) is 0. The number of carbonyl (C=O) groups excluding carboxylic acids is 1. The SMILES string of the molecule is CC1CN(C(=O)C2CC(O)CN2)CC(CO)O1. The van der Waals surface area contributed by atoms with Gasteiger partial charge in [-0.3, -0.25) is 4.79 Å². The van der Waals surface area contributed by atoms with Crippen LogP contribution < -0.4 is 5.32 Å². The number of amides is 1. The van der Waals surface area contributed by atoms with E-state index >= 15 is 0 Å². The summed E-state index contributed by atoms with van der Waals surface area (Å²) in [6.07, 6.45) is -0.324. The first kappa shape index (κ1) is 12.8. The molecule has 0 aromatic rings. The van der Waals surface area contributed by atoms with Crippen molar-refractivity contribution < 1.29 is 19.7 Å². The zero-order valence-corrected chi connectivity index (χ0v) is 10.0. The van der Waals surface area contributed by atoms with Gasteiger partial charge in [0.15, 0.2) is 0 Å². The summed E-state index contributed by atoms with van der Waals surface area (Å²) in [6.45, 7) is 3.26. The number of nitrogens with one attached hydrogen (secondary N) is 1. The molecule has 2 aliphatic rings. The standard InChI is InChI=1S/C11H20N2O4/c1-7-4-13(5-9(6-14)17-7)11(16)10-2-8(15)3-12-10/h7-10,12,14-15H,2-6H2,1H3. The molecule has 0 radical (unpaired) electrons. The van der Waals surface area contributed by atoms with Crippen LogP contribution in [-0.2, 0) is 9.53 Å². The van der Waals surface area contributed by atoms with Crippen LogP contribution >= 0.6 is 0 Å². The van der Waals surface area contributed by atoms with Crippen molar-refractivity contribution >= 4 is 5.91 Å². The summed E-state index contributed by atoms with van der Waals surface area (Å²) in [5.41, 5.74) is 0. The van der Waals surface area contributed by atoms with Gasteiger partial charge in [-0.25, -0.2) is 0 Å². The molecule has 1 amide bonds. The summed E-state index contributed by atoms with van der Waals surface area (Å²) in [5, 5.41) is 21.5. The molecule has 98 valence electrons. The Morgan fingerprint density at radius 2 is 2.29 bits per heavy atom. The number of rotatable bonds is 2. The fourth-order valence-corrected chi connectivity index (χ4v) is 2.45. The van der Waals surface area contributed by atoms with Gasteiger partial charge < -0.3 is 25.2 Å². The van der Waals surface area contributed by atoms with E-state index in [9.17, 15) is 9.90 Å². The van der Waals surface area contributed by atoms with Gasteiger partial charge in [0.2, 0.25) is 5.91 Å². The van der Waals surface area contributed by atoms with Gasteiger partial charge in [-0.15, -0.1) is 0 Å². The zero-order valence-electron chi connectivity index (χ0n) is 10.0. The first-order valence-corrected chi connectivity index (χ1v) is 6.06. The lowest BCUT2D eigenvalue weighted by atomic mass is 10.1. The molecule has 2 saturated heterocycles. The van der Waals surface area contributed by atoms with Gasteiger partial charge in [0.05, 0.1) is 31.0 Å². The zero-order chi connectivity index (χ0) is 12.4. The summed E-state index contributed by atoms with van der Waals surface area (Å²) >= 11 is 0. The van der Waals surface area contributed by atoms with E-state index in [2.05, 4.69) is 5.32 Å². The second kappa shape index (κ2) is 5.30. The number of aliphatic hydroxyl groups excluding tert-OH is 2. The van der Waals surface area contributed by atoms with Crippen LogP contribution in [0.25, 0.3) is 0 Å². The van der Waals surface area contributed by atoms with E-state index in [0.29, 0.717) is 26.1 Å². The first-order valence-electron chi connectivity index (χ1n) is 6.06. The first-order chi connectivity index (χ1) is 8.10. The third kappa shape index (κ3) is 2.95. The van der Waals surface area contributed by atoms with Gasteiger partial charge >= 0.3 is 0 Å². The molecule has 4 atom stereocenters. The topological polar surface area (TPSA) is 82.0 Å². The van der Waals surface area contributed by atoms with Crippen molar-refractivity contribution in [2.45, 2.75) is 37.7 Å². The molecule has 17 heavy (non-hydrogen) atoms. The minimum atomic E-state index is -0.434. The van der Waals surface area contributed by atoms with Crippen LogP contribution in [0.1, 0.15) is 13.3 Å². The van der Waals surface area contributed by atoms with Crippen molar-refractivity contribution in [1.82, 2.24) is 10.2 Å². The maximum atomic E-state index is 12.2. The van der Waals surface area contributed by atoms with Gasteiger partial charge in [0, 0.05) is 19.6 Å². The molecule has 3 N–H and O–H groups in total. The number of β-amino-alcohol motifs (C(OH)–C–C–N with tert-alkyl or cyclic N) is 1. The van der Waals surface area contributed by atoms with E-state index in [1.807, 2.05) is 6.92 Å². The lowest BCUT2D eigenvalue weighted by molar-refractivity contribution is -0.149. The number of hydrogen-bond donors (Lipinski definition) is 3. The van der Waals surface area contributed by atoms with Crippen molar-refractivity contribution in [3.05, 3.63) is 0 Å². The average Bonchev–Trinajstić information content (AvgIpc) is 2.74. The van der Waals surface area contributed by atoms with E-state index in [4.69, 9.17) is 9.84 Å². The van der Waals surface area contributed by atoms with Crippen molar-refractivity contribution in [1.29, 1.82) is 0 Å². The Balaban J connectivity index is 1.94. The molecule has 2 heterocycles. The molecule has 6 nitrogen and oxygen atoms in total.